The minimum Gasteiger partial charge on any atom is -0.491 e. The van der Waals surface area contributed by atoms with E-state index in [0.717, 1.165) is 30.3 Å². The number of hydrogen-bond acceptors (Lipinski definition) is 5. The van der Waals surface area contributed by atoms with Crippen LogP contribution in [0, 0.1) is 18.7 Å². The molecule has 4 rings (SSSR count). The van der Waals surface area contributed by atoms with Gasteiger partial charge in [0.1, 0.15) is 11.4 Å². The lowest BCUT2D eigenvalue weighted by Crippen LogP contribution is -2.42. The molecule has 1 aromatic carbocycles. The summed E-state index contributed by atoms with van der Waals surface area (Å²) in [5, 5.41) is 3.59. The number of ether oxygens (including phenoxy) is 2. The molecule has 0 bridgehead atoms. The molecule has 1 aromatic heterocycles. The minimum atomic E-state index is -0.559. The van der Waals surface area contributed by atoms with Gasteiger partial charge in [0.05, 0.1) is 18.3 Å². The van der Waals surface area contributed by atoms with Crippen molar-refractivity contribution in [2.75, 3.05) is 25.1 Å². The molecular weight excluding hydrogens is 425 g/mol. The van der Waals surface area contributed by atoms with Crippen LogP contribution in [0.3, 0.4) is 0 Å². The SMILES string of the molecule is COc1cc2cc(F)c(N3CC[C@@H]([C@H](C)NC(=O)OC(C)(C)C)C3)c(C)c2n(C2CC2)c1=O. The number of amides is 1. The molecule has 2 heterocycles. The van der Waals surface area contributed by atoms with Gasteiger partial charge in [-0.25, -0.2) is 9.18 Å². The Bertz CT molecular complexity index is 1130. The van der Waals surface area contributed by atoms with Gasteiger partial charge in [-0.05, 0) is 77.5 Å². The summed E-state index contributed by atoms with van der Waals surface area (Å²) in [6, 6.07) is 3.17. The molecule has 0 unspecified atom stereocenters. The third-order valence-electron chi connectivity index (χ3n) is 6.57. The van der Waals surface area contributed by atoms with E-state index in [9.17, 15) is 9.59 Å². The van der Waals surface area contributed by atoms with E-state index in [1.165, 1.54) is 13.2 Å². The highest BCUT2D eigenvalue weighted by molar-refractivity contribution is 5.89. The average Bonchev–Trinajstić information content (AvgIpc) is 3.43. The number of aromatic nitrogens is 1. The molecule has 2 aliphatic rings. The first-order valence-corrected chi connectivity index (χ1v) is 11.7. The van der Waals surface area contributed by atoms with E-state index in [-0.39, 0.29) is 35.1 Å². The fourth-order valence-electron chi connectivity index (χ4n) is 4.86. The van der Waals surface area contributed by atoms with Crippen LogP contribution in [0.15, 0.2) is 16.9 Å². The minimum absolute atomic E-state index is 0.109. The van der Waals surface area contributed by atoms with Gasteiger partial charge in [0.2, 0.25) is 0 Å². The number of hydrogen-bond donors (Lipinski definition) is 1. The van der Waals surface area contributed by atoms with Gasteiger partial charge >= 0.3 is 6.09 Å². The Morgan fingerprint density at radius 3 is 2.55 bits per heavy atom. The third kappa shape index (κ3) is 4.66. The second-order valence-electron chi connectivity index (χ2n) is 10.3. The van der Waals surface area contributed by atoms with Gasteiger partial charge in [0.25, 0.3) is 5.56 Å². The summed E-state index contributed by atoms with van der Waals surface area (Å²) in [7, 11) is 1.47. The molecule has 1 aliphatic carbocycles. The predicted molar refractivity (Wildman–Crippen MR) is 127 cm³/mol. The molecule has 1 amide bonds. The highest BCUT2D eigenvalue weighted by Crippen LogP contribution is 2.41. The van der Waals surface area contributed by atoms with Crippen molar-refractivity contribution in [2.24, 2.45) is 5.92 Å². The van der Waals surface area contributed by atoms with Crippen LogP contribution < -0.4 is 20.5 Å². The first-order chi connectivity index (χ1) is 15.5. The maximum Gasteiger partial charge on any atom is 0.407 e. The highest BCUT2D eigenvalue weighted by atomic mass is 19.1. The first-order valence-electron chi connectivity index (χ1n) is 11.7. The zero-order valence-electron chi connectivity index (χ0n) is 20.3. The van der Waals surface area contributed by atoms with Crippen molar-refractivity contribution >= 4 is 22.7 Å². The van der Waals surface area contributed by atoms with Crippen molar-refractivity contribution in [1.82, 2.24) is 9.88 Å². The standard InChI is InChI=1S/C25H34FN3O4/c1-14-21-17(12-20(32-6)23(30)29(21)18-7-8-18)11-19(26)22(14)28-10-9-16(13-28)15(2)27-24(31)33-25(3,4)5/h11-12,15-16,18H,7-10,13H2,1-6H3,(H,27,31)/t15-,16+/m0/s1. The Morgan fingerprint density at radius 1 is 1.24 bits per heavy atom. The van der Waals surface area contributed by atoms with Gasteiger partial charge in [-0.15, -0.1) is 0 Å². The maximum atomic E-state index is 15.4. The zero-order valence-corrected chi connectivity index (χ0v) is 20.3. The number of halogens is 1. The van der Waals surface area contributed by atoms with Crippen LogP contribution in [0.4, 0.5) is 14.9 Å². The molecule has 1 aliphatic heterocycles. The van der Waals surface area contributed by atoms with Crippen LogP contribution >= 0.6 is 0 Å². The summed E-state index contributed by atoms with van der Waals surface area (Å²) in [5.41, 5.74) is 1.36. The maximum absolute atomic E-state index is 15.4. The zero-order chi connectivity index (χ0) is 24.1. The van der Waals surface area contributed by atoms with Crippen molar-refractivity contribution in [2.45, 2.75) is 71.6 Å². The van der Waals surface area contributed by atoms with E-state index in [1.807, 2.05) is 39.5 Å². The molecule has 2 atom stereocenters. The topological polar surface area (TPSA) is 72.8 Å². The number of alkyl carbamates (subject to hydrolysis) is 1. The summed E-state index contributed by atoms with van der Waals surface area (Å²) >= 11 is 0. The summed E-state index contributed by atoms with van der Waals surface area (Å²) in [6.07, 6.45) is 2.26. The molecule has 1 saturated heterocycles. The van der Waals surface area contributed by atoms with E-state index >= 15 is 4.39 Å². The van der Waals surface area contributed by atoms with Gasteiger partial charge < -0.3 is 24.3 Å². The van der Waals surface area contributed by atoms with E-state index < -0.39 is 11.7 Å². The molecule has 0 spiro atoms. The third-order valence-corrected chi connectivity index (χ3v) is 6.57. The summed E-state index contributed by atoms with van der Waals surface area (Å²) < 4.78 is 27.8. The molecule has 2 fully saturated rings. The number of benzene rings is 1. The van der Waals surface area contributed by atoms with Gasteiger partial charge in [0.15, 0.2) is 5.75 Å². The lowest BCUT2D eigenvalue weighted by Gasteiger charge is -2.26. The number of fused-ring (bicyclic) bond motifs is 1. The van der Waals surface area contributed by atoms with Crippen molar-refractivity contribution in [3.05, 3.63) is 33.9 Å². The number of carbonyl (C=O) groups is 1. The number of nitrogens with zero attached hydrogens (tertiary/aromatic N) is 2. The fraction of sp³-hybridized carbons (Fsp3) is 0.600. The number of methoxy groups -OCH3 is 1. The quantitative estimate of drug-likeness (QED) is 0.711. The Balaban J connectivity index is 1.62. The Hall–Kier alpha value is -2.77. The van der Waals surface area contributed by atoms with E-state index in [4.69, 9.17) is 9.47 Å². The molecule has 2 aromatic rings. The molecular formula is C25H34FN3O4. The highest BCUT2D eigenvalue weighted by Gasteiger charge is 2.33. The summed E-state index contributed by atoms with van der Waals surface area (Å²) in [6.45, 7) is 10.6. The number of nitrogens with one attached hydrogen (secondary N) is 1. The van der Waals surface area contributed by atoms with Gasteiger partial charge in [0, 0.05) is 30.6 Å². The Morgan fingerprint density at radius 2 is 1.94 bits per heavy atom. The van der Waals surface area contributed by atoms with Crippen molar-refractivity contribution in [1.29, 1.82) is 0 Å². The van der Waals surface area contributed by atoms with Crippen LogP contribution in [-0.2, 0) is 4.74 Å². The predicted octanol–water partition coefficient (Wildman–Crippen LogP) is 4.53. The van der Waals surface area contributed by atoms with E-state index in [2.05, 4.69) is 5.32 Å². The first kappa shape index (κ1) is 23.4. The van der Waals surface area contributed by atoms with E-state index in [1.54, 1.807) is 10.6 Å². The molecule has 180 valence electrons. The summed E-state index contributed by atoms with van der Waals surface area (Å²) in [5.74, 6) is 0.0918. The second-order valence-corrected chi connectivity index (χ2v) is 10.3. The van der Waals surface area contributed by atoms with Crippen LogP contribution in [0.2, 0.25) is 0 Å². The number of anilines is 1. The summed E-state index contributed by atoms with van der Waals surface area (Å²) in [4.78, 5) is 27.2. The van der Waals surface area contributed by atoms with Gasteiger partial charge in [-0.3, -0.25) is 4.79 Å². The largest absolute Gasteiger partial charge is 0.491 e. The smallest absolute Gasteiger partial charge is 0.407 e. The normalized spacial score (nSPS) is 19.6. The number of rotatable bonds is 5. The second kappa shape index (κ2) is 8.54. The average molecular weight is 460 g/mol. The van der Waals surface area contributed by atoms with Gasteiger partial charge in [-0.2, -0.15) is 0 Å². The fourth-order valence-corrected chi connectivity index (χ4v) is 4.86. The lowest BCUT2D eigenvalue weighted by atomic mass is 10.0. The van der Waals surface area contributed by atoms with Crippen LogP contribution in [0.1, 0.15) is 58.6 Å². The van der Waals surface area contributed by atoms with E-state index in [0.29, 0.717) is 24.2 Å². The number of aryl methyl sites for hydroxylation is 1. The van der Waals surface area contributed by atoms with Crippen molar-refractivity contribution in [3.8, 4) is 5.75 Å². The molecule has 7 nitrogen and oxygen atoms in total. The number of pyridine rings is 1. The van der Waals surface area contributed by atoms with Gasteiger partial charge in [-0.1, -0.05) is 0 Å². The monoisotopic (exact) mass is 459 g/mol. The Labute approximate surface area is 193 Å². The van der Waals surface area contributed by atoms with Crippen molar-refractivity contribution < 1.29 is 18.7 Å². The van der Waals surface area contributed by atoms with Crippen molar-refractivity contribution in [3.63, 3.8) is 0 Å². The molecule has 0 radical (unpaired) electrons. The Kier molecular flexibility index (Phi) is 6.05. The van der Waals surface area contributed by atoms with Crippen LogP contribution in [-0.4, -0.2) is 42.5 Å². The molecule has 1 N–H and O–H groups in total. The molecule has 8 heteroatoms. The molecule has 1 saturated carbocycles. The van der Waals surface area contributed by atoms with Crippen LogP contribution in [0.5, 0.6) is 5.75 Å². The van der Waals surface area contributed by atoms with Crippen LogP contribution in [0.25, 0.3) is 10.9 Å². The lowest BCUT2D eigenvalue weighted by molar-refractivity contribution is 0.0494. The number of carbonyl (C=O) groups excluding carboxylic acids is 1. The molecule has 33 heavy (non-hydrogen) atoms.